The van der Waals surface area contributed by atoms with Gasteiger partial charge < -0.3 is 48.3 Å². The van der Waals surface area contributed by atoms with Crippen LogP contribution in [0.3, 0.4) is 0 Å². The quantitative estimate of drug-likeness (QED) is 0.0103. The van der Waals surface area contributed by atoms with Crippen LogP contribution in [0.2, 0.25) is 20.1 Å². The van der Waals surface area contributed by atoms with Crippen molar-refractivity contribution >= 4 is 149 Å². The molecule has 0 spiro atoms. The van der Waals surface area contributed by atoms with Crippen molar-refractivity contribution in [3.63, 3.8) is 0 Å². The van der Waals surface area contributed by atoms with Crippen LogP contribution in [0.15, 0.2) is 175 Å². The molecule has 11 aromatic rings. The molecule has 0 radical (unpaired) electrons. The molecule has 129 heavy (non-hydrogen) atoms. The fourth-order valence-electron chi connectivity index (χ4n) is 13.9. The van der Waals surface area contributed by atoms with E-state index in [0.29, 0.717) is 51.0 Å². The van der Waals surface area contributed by atoms with E-state index < -0.39 is 144 Å². The minimum atomic E-state index is -5.10. The van der Waals surface area contributed by atoms with Crippen LogP contribution in [0.5, 0.6) is 34.8 Å². The molecule has 674 valence electrons. The number of halogens is 4. The number of carbonyl (C=O) groups excluding carboxylic acids is 3. The lowest BCUT2D eigenvalue weighted by molar-refractivity contribution is -0.185. The number of aliphatic hydroxyl groups is 1. The summed E-state index contributed by atoms with van der Waals surface area (Å²) in [6.07, 6.45) is -9.81. The maximum absolute atomic E-state index is 16.5. The van der Waals surface area contributed by atoms with E-state index in [-0.39, 0.29) is 126 Å². The molecule has 0 saturated carbocycles. The van der Waals surface area contributed by atoms with Gasteiger partial charge in [-0.2, -0.15) is 35.4 Å². The summed E-state index contributed by atoms with van der Waals surface area (Å²) in [5.74, 6) is -6.10. The molecule has 5 N–H and O–H groups in total. The average Bonchev–Trinajstić information content (AvgIpc) is 1.75. The smallest absolute Gasteiger partial charge is 0.497 e. The van der Waals surface area contributed by atoms with Gasteiger partial charge in [-0.05, 0) is 106 Å². The summed E-state index contributed by atoms with van der Waals surface area (Å²) < 4.78 is 132. The van der Waals surface area contributed by atoms with Crippen LogP contribution in [-0.4, -0.2) is 158 Å². The number of benzene rings is 6. The van der Waals surface area contributed by atoms with Crippen molar-refractivity contribution in [1.82, 2.24) is 48.6 Å². The summed E-state index contributed by atoms with van der Waals surface area (Å²) in [6, 6.07) is 46.0. The van der Waals surface area contributed by atoms with Crippen LogP contribution in [0.25, 0.3) is 22.3 Å². The van der Waals surface area contributed by atoms with Gasteiger partial charge in [0.2, 0.25) is 29.5 Å². The molecule has 3 fully saturated rings. The van der Waals surface area contributed by atoms with Crippen molar-refractivity contribution in [3.8, 4) is 46.9 Å². The third-order valence-corrected chi connectivity index (χ3v) is 29.4. The molecule has 0 aliphatic carbocycles. The molecule has 3 aliphatic rings. The number of imidazole rings is 2. The van der Waals surface area contributed by atoms with Crippen LogP contribution in [-0.2, 0) is 70.5 Å². The predicted octanol–water partition coefficient (Wildman–Crippen LogP) is 17.1. The van der Waals surface area contributed by atoms with E-state index in [4.69, 9.17) is 117 Å². The molecule has 6 aromatic carbocycles. The third-order valence-electron chi connectivity index (χ3n) is 20.3. The second-order valence-corrected chi connectivity index (χ2v) is 40.2. The highest BCUT2D eigenvalue weighted by Gasteiger charge is 2.56. The fourth-order valence-corrected chi connectivity index (χ4v) is 21.7. The van der Waals surface area contributed by atoms with Crippen molar-refractivity contribution in [2.45, 2.75) is 120 Å². The first-order valence-electron chi connectivity index (χ1n) is 39.7. The van der Waals surface area contributed by atoms with Gasteiger partial charge in [-0.3, -0.25) is 56.8 Å². The highest BCUT2D eigenvalue weighted by atomic mass is 35.5. The number of aromatic nitrogens is 10. The number of anilines is 3. The predicted molar refractivity (Wildman–Crippen MR) is 475 cm³/mol. The zero-order valence-electron chi connectivity index (χ0n) is 69.1. The number of rotatable bonds is 39. The van der Waals surface area contributed by atoms with Gasteiger partial charge in [0, 0.05) is 87.5 Å². The standard InChI is InChI=1S/C83H80Cl4N15O22P3S2/c1-47(2)74(103)96-79-94-72-70(77(98-79)119-59-37-53(84)23-29-57(59)86)90-45-101(72)67-39-61(122-125(108)109)64(118-67)43-115-127(111,129-36-14-33-89)124-82(107)41-69(100-34-31-66(93-81(100)106)92-76(105)49-15-9-7-10-16-49)121-65(82)44-116-126(110,128-35-13-32-88)123-62-40-68(102-46-91-71-73(102)95-80(97-75(104)48(3)4)99-78(71)120-60-38-54(85)24-30-58(60)87)117-63(62)42-114-83(50-17-11-8-12-18-50,51-19-25-55(112-5)26-20-51)52-21-27-56(113-6)28-22-52/h7-12,15-31,34,37-38,45-48,61-65,67-69,107H,13-14,35-36,39-44H2,1-6H3,(H3-,92,93,94,95,96,97,98,99,103,104,105,106,108,109)/p+1/t61-,62-,63+,64+,65+,67+,68+,69+,82+,126?,127?/m0/s1. The van der Waals surface area contributed by atoms with Crippen molar-refractivity contribution < 1.29 is 98.6 Å². The molecule has 46 heteroatoms. The first kappa shape index (κ1) is 95.0. The zero-order chi connectivity index (χ0) is 91.5. The molecule has 3 saturated heterocycles. The Hall–Kier alpha value is -10.1. The van der Waals surface area contributed by atoms with Gasteiger partial charge in [-0.15, -0.1) is 9.42 Å². The lowest BCUT2D eigenvalue weighted by atomic mass is 9.80. The summed E-state index contributed by atoms with van der Waals surface area (Å²) in [7, 11) is -0.364. The normalized spacial score (nSPS) is 20.2. The summed E-state index contributed by atoms with van der Waals surface area (Å²) in [5, 5.41) is 42.3. The summed E-state index contributed by atoms with van der Waals surface area (Å²) in [6.45, 7) is -5.74. The number of fused-ring (bicyclic) bond motifs is 2. The maximum atomic E-state index is 16.5. The zero-order valence-corrected chi connectivity index (χ0v) is 76.4. The highest BCUT2D eigenvalue weighted by Crippen LogP contribution is 2.67. The lowest BCUT2D eigenvalue weighted by Crippen LogP contribution is -2.43. The Labute approximate surface area is 765 Å². The van der Waals surface area contributed by atoms with Crippen molar-refractivity contribution in [1.29, 1.82) is 10.5 Å². The monoisotopic (exact) mass is 1940 g/mol. The molecular formula is C83H81Cl4N15O22P3S2+. The number of carbonyl (C=O) groups is 3. The van der Waals surface area contributed by atoms with E-state index in [1.165, 1.54) is 90.7 Å². The molecule has 0 bridgehead atoms. The maximum Gasteiger partial charge on any atom is 0.695 e. The molecule has 3 unspecified atom stereocenters. The van der Waals surface area contributed by atoms with Crippen LogP contribution in [0, 0.1) is 34.5 Å². The Morgan fingerprint density at radius 3 is 1.62 bits per heavy atom. The number of nitriles is 2. The Bertz CT molecular complexity index is 6150. The van der Waals surface area contributed by atoms with Crippen LogP contribution in [0.1, 0.15) is 106 Å². The minimum Gasteiger partial charge on any atom is -0.497 e. The first-order chi connectivity index (χ1) is 62.0. The number of methoxy groups -OCH3 is 2. The molecule has 12 atom stereocenters. The topological polar surface area (TPSA) is 469 Å². The van der Waals surface area contributed by atoms with Crippen molar-refractivity contribution in [3.05, 3.63) is 223 Å². The Kier molecular flexibility index (Phi) is 30.9. The van der Waals surface area contributed by atoms with Crippen molar-refractivity contribution in [2.24, 2.45) is 11.8 Å². The number of amides is 3. The minimum absolute atomic E-state index is 0.00282. The Balaban J connectivity index is 0.824. The van der Waals surface area contributed by atoms with E-state index in [1.54, 1.807) is 76.2 Å². The summed E-state index contributed by atoms with van der Waals surface area (Å²) >= 11 is 27.0. The number of hydrogen-bond donors (Lipinski definition) is 5. The van der Waals surface area contributed by atoms with Gasteiger partial charge >= 0.3 is 27.5 Å². The van der Waals surface area contributed by atoms with Gasteiger partial charge in [0.25, 0.3) is 17.7 Å². The molecule has 5 aromatic heterocycles. The number of nitrogens with one attached hydrogen (secondary N) is 3. The second-order valence-electron chi connectivity index (χ2n) is 29.6. The number of ether oxygens (including phenoxy) is 8. The SMILES string of the molecule is COc1ccc(C(OC[C@H]2O[C@@H](n3cnc4c(Oc5cc(Cl)ccc5Cl)nc(NC(=O)C(C)C)nc43)C[C@@H]2OP(=O)(OC[C@H]2O[C@@H](n3ccc(NC(=O)c4ccccc4)nc3=O)C[C@@]2(O)OP(=O)(OC[C@H]2O[C@@H](n3cnc4c(Oc5cc(Cl)ccc5Cl)nc(NC(=O)C(C)C)nc43)C[C@@H]2O[P+](=O)O)SCCC#N)SCCC#N)(c2ccccc2)c2ccc(OC)cc2)cc1. The van der Waals surface area contributed by atoms with E-state index in [2.05, 4.69) is 40.9 Å². The Morgan fingerprint density at radius 1 is 0.620 bits per heavy atom. The van der Waals surface area contributed by atoms with Gasteiger partial charge in [-0.25, -0.2) is 23.9 Å². The largest absolute Gasteiger partial charge is 0.695 e. The van der Waals surface area contributed by atoms with Crippen LogP contribution in [0.4, 0.5) is 17.7 Å². The molecular weight excluding hydrogens is 1860 g/mol. The summed E-state index contributed by atoms with van der Waals surface area (Å²) in [5.41, 5.74) is -0.487. The molecule has 37 nitrogen and oxygen atoms in total. The molecule has 8 heterocycles. The first-order valence-corrected chi connectivity index (χ1v) is 48.6. The van der Waals surface area contributed by atoms with Gasteiger partial charge in [0.05, 0.1) is 75.3 Å². The van der Waals surface area contributed by atoms with E-state index in [1.807, 2.05) is 66.7 Å². The van der Waals surface area contributed by atoms with E-state index in [0.717, 1.165) is 4.57 Å². The average molecular weight is 1940 g/mol. The van der Waals surface area contributed by atoms with E-state index >= 15 is 9.13 Å². The van der Waals surface area contributed by atoms with Crippen LogP contribution < -0.4 is 40.6 Å². The van der Waals surface area contributed by atoms with Gasteiger partial charge in [0.1, 0.15) is 83.6 Å². The molecule has 14 rings (SSSR count). The Morgan fingerprint density at radius 2 is 1.12 bits per heavy atom. The highest BCUT2D eigenvalue weighted by molar-refractivity contribution is 8.55. The lowest BCUT2D eigenvalue weighted by Gasteiger charge is -2.37. The molecule has 3 amide bonds. The molecule has 3 aliphatic heterocycles. The van der Waals surface area contributed by atoms with Crippen LogP contribution >= 0.6 is 91.0 Å². The summed E-state index contributed by atoms with van der Waals surface area (Å²) in [4.78, 5) is 96.5. The number of nitrogens with zero attached hydrogens (tertiary/aromatic N) is 12. The van der Waals surface area contributed by atoms with Gasteiger partial charge in [-0.1, -0.05) is 147 Å². The fraction of sp³-hybridized carbons (Fsp3) is 0.337. The van der Waals surface area contributed by atoms with Crippen molar-refractivity contribution in [2.75, 3.05) is 61.5 Å². The van der Waals surface area contributed by atoms with E-state index in [9.17, 15) is 44.3 Å². The number of hydrogen-bond acceptors (Lipinski definition) is 32. The second kappa shape index (κ2) is 42.0. The third kappa shape index (κ3) is 22.6. The van der Waals surface area contributed by atoms with Gasteiger partial charge in [0.15, 0.2) is 22.3 Å².